The van der Waals surface area contributed by atoms with Crippen LogP contribution in [0.5, 0.6) is 0 Å². The van der Waals surface area contributed by atoms with Gasteiger partial charge in [-0.05, 0) is 0 Å². The molecular formula is C3H15N7O3. The van der Waals surface area contributed by atoms with Crippen molar-refractivity contribution in [3.8, 4) is 0 Å². The van der Waals surface area contributed by atoms with E-state index in [1.807, 2.05) is 0 Å². The van der Waals surface area contributed by atoms with Gasteiger partial charge in [0.15, 0.2) is 0 Å². The van der Waals surface area contributed by atoms with E-state index in [4.69, 9.17) is 11.7 Å². The molecule has 0 aliphatic rings. The second-order valence-electron chi connectivity index (χ2n) is 2.07. The Hall–Kier alpha value is -0.400. The van der Waals surface area contributed by atoms with Crippen LogP contribution in [0.1, 0.15) is 0 Å². The highest BCUT2D eigenvalue weighted by Crippen LogP contribution is 1.92. The molecule has 0 aromatic heterocycles. The molecule has 0 aliphatic carbocycles. The van der Waals surface area contributed by atoms with Crippen molar-refractivity contribution in [3.63, 3.8) is 0 Å². The molecule has 0 aliphatic heterocycles. The molecule has 0 amide bonds. The first-order valence-electron chi connectivity index (χ1n) is 3.33. The molecule has 0 atom stereocenters. The Morgan fingerprint density at radius 1 is 1.38 bits per heavy atom. The zero-order valence-electron chi connectivity index (χ0n) is 7.72. The van der Waals surface area contributed by atoms with Crippen molar-refractivity contribution in [2.45, 2.75) is 0 Å². The van der Waals surface area contributed by atoms with Gasteiger partial charge in [-0.3, -0.25) is 0 Å². The quantitative estimate of drug-likeness (QED) is 0.155. The lowest BCUT2D eigenvalue weighted by atomic mass is 11.3. The minimum atomic E-state index is -1.10. The second-order valence-corrected chi connectivity index (χ2v) is 2.07. The Bertz CT molecular complexity index is 143. The van der Waals surface area contributed by atoms with Crippen molar-refractivity contribution < 1.29 is 14.9 Å². The number of hydrogen-bond donors (Lipinski definition) is 4. The third-order valence-electron chi connectivity index (χ3n) is 1.14. The van der Waals surface area contributed by atoms with Crippen LogP contribution in [0.4, 0.5) is 0 Å². The van der Waals surface area contributed by atoms with Crippen molar-refractivity contribution in [2.75, 3.05) is 21.1 Å². The summed E-state index contributed by atoms with van der Waals surface area (Å²) < 4.78 is 0. The van der Waals surface area contributed by atoms with Gasteiger partial charge in [-0.2, -0.15) is 5.12 Å². The maximum Gasteiger partial charge on any atom is 0.0721 e. The fourth-order valence-electron chi connectivity index (χ4n) is 0.253. The molecule has 0 rings (SSSR count). The normalized spacial score (nSPS) is 12.9. The third kappa shape index (κ3) is 5.02. The topological polar surface area (TPSA) is 124 Å². The second kappa shape index (κ2) is 5.36. The van der Waals surface area contributed by atoms with E-state index >= 15 is 0 Å². The van der Waals surface area contributed by atoms with E-state index in [1.165, 1.54) is 21.1 Å². The first-order chi connectivity index (χ1) is 5.93. The van der Waals surface area contributed by atoms with E-state index in [0.717, 1.165) is 5.12 Å². The molecule has 0 spiro atoms. The average molecular weight is 197 g/mol. The molecular weight excluding hydrogens is 182 g/mol. The van der Waals surface area contributed by atoms with Crippen LogP contribution in [0.25, 0.3) is 0 Å². The highest BCUT2D eigenvalue weighted by atomic mass is 17.4. The number of hydrazine groups is 2. The van der Waals surface area contributed by atoms with Crippen LogP contribution in [0.2, 0.25) is 0 Å². The van der Waals surface area contributed by atoms with Crippen LogP contribution < -0.4 is 22.5 Å². The Balaban J connectivity index is 3.75. The Labute approximate surface area is 75.4 Å². The minimum Gasteiger partial charge on any atom is -0.744 e. The smallest absolute Gasteiger partial charge is 0.0721 e. The first kappa shape index (κ1) is 12.6. The lowest BCUT2D eigenvalue weighted by Gasteiger charge is -2.32. The van der Waals surface area contributed by atoms with Crippen molar-refractivity contribution in [1.82, 2.24) is 21.3 Å². The lowest BCUT2D eigenvalue weighted by molar-refractivity contribution is -1.20. The molecule has 6 N–H and O–H groups in total. The maximum absolute atomic E-state index is 10.8. The fourth-order valence-corrected chi connectivity index (χ4v) is 0.253. The van der Waals surface area contributed by atoms with E-state index < -0.39 is 4.97 Å². The van der Waals surface area contributed by atoms with Gasteiger partial charge in [0.25, 0.3) is 0 Å². The summed E-state index contributed by atoms with van der Waals surface area (Å²) in [6.45, 7) is 0. The molecule has 0 fully saturated rings. The largest absolute Gasteiger partial charge is 0.744 e. The molecule has 0 bridgehead atoms. The molecule has 10 heteroatoms. The first-order valence-corrected chi connectivity index (χ1v) is 3.33. The summed E-state index contributed by atoms with van der Waals surface area (Å²) >= 11 is 0. The molecule has 0 saturated heterocycles. The number of nitrogens with zero attached hydrogens (tertiary/aromatic N) is 3. The Morgan fingerprint density at radius 2 is 1.92 bits per heavy atom. The van der Waals surface area contributed by atoms with Gasteiger partial charge in [-0.15, -0.1) is 17.0 Å². The van der Waals surface area contributed by atoms with Crippen LogP contribution in [0.3, 0.4) is 0 Å². The van der Waals surface area contributed by atoms with Crippen LogP contribution in [-0.2, 0) is 9.98 Å². The third-order valence-corrected chi connectivity index (χ3v) is 1.14. The standard InChI is InChI=1S/C3H15N7O3/c1-6-8(3)9(11)12-13-10(4,5)7-2/h6-7H,4-5H2,1-3H3. The fraction of sp³-hybridized carbons (Fsp3) is 1.00. The van der Waals surface area contributed by atoms with Gasteiger partial charge in [-0.25, -0.2) is 5.43 Å². The average Bonchev–Trinajstić information content (AvgIpc) is 2.13. The minimum absolute atomic E-state index is 0.00403. The number of nitrogens with one attached hydrogen (secondary N) is 2. The van der Waals surface area contributed by atoms with Crippen molar-refractivity contribution in [2.24, 2.45) is 11.7 Å². The molecule has 0 aromatic rings. The van der Waals surface area contributed by atoms with Gasteiger partial charge in [0.2, 0.25) is 0 Å². The predicted molar refractivity (Wildman–Crippen MR) is 41.9 cm³/mol. The molecule has 10 nitrogen and oxygen atoms in total. The molecule has 0 heterocycles. The number of hydrogen-bond acceptors (Lipinski definition) is 9. The van der Waals surface area contributed by atoms with Gasteiger partial charge >= 0.3 is 0 Å². The van der Waals surface area contributed by atoms with E-state index in [0.29, 0.717) is 0 Å². The summed E-state index contributed by atoms with van der Waals surface area (Å²) in [6, 6.07) is 0. The zero-order valence-corrected chi connectivity index (χ0v) is 7.72. The van der Waals surface area contributed by atoms with E-state index in [1.54, 1.807) is 0 Å². The monoisotopic (exact) mass is 197 g/mol. The predicted octanol–water partition coefficient (Wildman–Crippen LogP) is -2.76. The Morgan fingerprint density at radius 3 is 2.31 bits per heavy atom. The number of nitrogens with two attached hydrogens (primary N) is 2. The van der Waals surface area contributed by atoms with E-state index in [9.17, 15) is 5.21 Å². The molecule has 0 unspecified atom stereocenters. The van der Waals surface area contributed by atoms with Crippen LogP contribution in [0.15, 0.2) is 0 Å². The van der Waals surface area contributed by atoms with Gasteiger partial charge in [0, 0.05) is 21.1 Å². The highest BCUT2D eigenvalue weighted by Gasteiger charge is 2.19. The van der Waals surface area contributed by atoms with Gasteiger partial charge in [0.1, 0.15) is 0 Å². The molecule has 0 radical (unpaired) electrons. The van der Waals surface area contributed by atoms with Crippen molar-refractivity contribution in [3.05, 3.63) is 5.21 Å². The molecule has 13 heavy (non-hydrogen) atoms. The van der Waals surface area contributed by atoms with Gasteiger partial charge in [0.05, 0.1) is 9.96 Å². The summed E-state index contributed by atoms with van der Waals surface area (Å²) in [4.78, 5) is 7.33. The summed E-state index contributed by atoms with van der Waals surface area (Å²) in [7, 11) is 4.33. The van der Waals surface area contributed by atoms with Gasteiger partial charge in [-0.1, -0.05) is 10.4 Å². The summed E-state index contributed by atoms with van der Waals surface area (Å²) in [5.74, 6) is 10.3. The van der Waals surface area contributed by atoms with E-state index in [2.05, 4.69) is 20.8 Å². The summed E-state index contributed by atoms with van der Waals surface area (Å²) in [5, 5.41) is 11.8. The summed E-state index contributed by atoms with van der Waals surface area (Å²) in [5.41, 5.74) is 4.75. The number of rotatable bonds is 6. The van der Waals surface area contributed by atoms with Crippen molar-refractivity contribution >= 4 is 0 Å². The van der Waals surface area contributed by atoms with Crippen LogP contribution in [0, 0.1) is 5.21 Å². The molecule has 0 saturated carbocycles. The SMILES string of the molecule is CNN(C)N([O-])OO[N+](N)(N)NC. The zero-order chi connectivity index (χ0) is 10.5. The maximum atomic E-state index is 10.8. The van der Waals surface area contributed by atoms with Crippen LogP contribution in [-0.4, -0.2) is 36.6 Å². The highest BCUT2D eigenvalue weighted by molar-refractivity contribution is 4.26. The Kier molecular flexibility index (Phi) is 5.19. The molecule has 80 valence electrons. The van der Waals surface area contributed by atoms with Crippen LogP contribution >= 0.6 is 0 Å². The van der Waals surface area contributed by atoms with E-state index in [-0.39, 0.29) is 5.34 Å². The van der Waals surface area contributed by atoms with Crippen molar-refractivity contribution in [1.29, 1.82) is 0 Å². The number of quaternary nitrogens is 1. The lowest BCUT2D eigenvalue weighted by Crippen LogP contribution is -2.67. The van der Waals surface area contributed by atoms with Gasteiger partial charge < -0.3 is 5.21 Å². The molecule has 0 aromatic carbocycles. The summed E-state index contributed by atoms with van der Waals surface area (Å²) in [6.07, 6.45) is 0.